The summed E-state index contributed by atoms with van der Waals surface area (Å²) in [5, 5.41) is 0. The Morgan fingerprint density at radius 3 is 2.73 bits per heavy atom. The first-order chi connectivity index (χ1) is 10.7. The summed E-state index contributed by atoms with van der Waals surface area (Å²) in [4.78, 5) is 13.5. The minimum absolute atomic E-state index is 0.0507. The van der Waals surface area contributed by atoms with Gasteiger partial charge >= 0.3 is 5.97 Å². The standard InChI is InChI=1S/C16H23NO5/c1-3-20-16(18)11-17-8-9-21-15(10-17)12-22-14-6-4-13(19-2)5-7-14/h4-7,15H,3,8-12H2,1-2H3/t15-/m1/s1. The molecule has 0 N–H and O–H groups in total. The van der Waals surface area contributed by atoms with Crippen LogP contribution in [0.3, 0.4) is 0 Å². The van der Waals surface area contributed by atoms with Crippen LogP contribution in [-0.4, -0.2) is 63.5 Å². The number of hydrogen-bond donors (Lipinski definition) is 0. The van der Waals surface area contributed by atoms with E-state index >= 15 is 0 Å². The van der Waals surface area contributed by atoms with Gasteiger partial charge in [-0.2, -0.15) is 0 Å². The summed E-state index contributed by atoms with van der Waals surface area (Å²) >= 11 is 0. The van der Waals surface area contributed by atoms with Crippen molar-refractivity contribution < 1.29 is 23.7 Å². The number of ether oxygens (including phenoxy) is 4. The Hall–Kier alpha value is -1.79. The first kappa shape index (κ1) is 16.6. The summed E-state index contributed by atoms with van der Waals surface area (Å²) in [6, 6.07) is 7.42. The summed E-state index contributed by atoms with van der Waals surface area (Å²) in [5.74, 6) is 1.37. The van der Waals surface area contributed by atoms with E-state index in [1.165, 1.54) is 0 Å². The third kappa shape index (κ3) is 5.20. The molecule has 1 aliphatic heterocycles. The number of esters is 1. The van der Waals surface area contributed by atoms with Crippen LogP contribution in [0, 0.1) is 0 Å². The highest BCUT2D eigenvalue weighted by Gasteiger charge is 2.23. The summed E-state index contributed by atoms with van der Waals surface area (Å²) in [6.45, 7) is 4.96. The Bertz CT molecular complexity index is 462. The molecule has 2 rings (SSSR count). The monoisotopic (exact) mass is 309 g/mol. The smallest absolute Gasteiger partial charge is 0.320 e. The molecule has 0 unspecified atom stereocenters. The van der Waals surface area contributed by atoms with E-state index in [1.54, 1.807) is 7.11 Å². The summed E-state index contributed by atoms with van der Waals surface area (Å²) in [7, 11) is 1.63. The Morgan fingerprint density at radius 1 is 1.32 bits per heavy atom. The van der Waals surface area contributed by atoms with E-state index in [0.717, 1.165) is 18.0 Å². The van der Waals surface area contributed by atoms with Gasteiger partial charge in [-0.25, -0.2) is 0 Å². The van der Waals surface area contributed by atoms with Gasteiger partial charge in [-0.15, -0.1) is 0 Å². The molecule has 1 atom stereocenters. The molecule has 1 aliphatic rings. The predicted molar refractivity (Wildman–Crippen MR) is 81.3 cm³/mol. The highest BCUT2D eigenvalue weighted by molar-refractivity contribution is 5.71. The molecule has 0 bridgehead atoms. The third-order valence-corrected chi connectivity index (χ3v) is 3.38. The molecular formula is C16H23NO5. The second-order valence-electron chi connectivity index (χ2n) is 5.02. The van der Waals surface area contributed by atoms with Gasteiger partial charge in [-0.05, 0) is 31.2 Å². The molecule has 0 aliphatic carbocycles. The van der Waals surface area contributed by atoms with Crippen molar-refractivity contribution in [1.82, 2.24) is 4.90 Å². The summed E-state index contributed by atoms with van der Waals surface area (Å²) < 4.78 is 21.5. The first-order valence-electron chi connectivity index (χ1n) is 7.47. The van der Waals surface area contributed by atoms with Crippen LogP contribution in [0.1, 0.15) is 6.92 Å². The van der Waals surface area contributed by atoms with Gasteiger partial charge in [0.2, 0.25) is 0 Å². The van der Waals surface area contributed by atoms with Crippen molar-refractivity contribution >= 4 is 5.97 Å². The third-order valence-electron chi connectivity index (χ3n) is 3.38. The minimum atomic E-state index is -0.195. The van der Waals surface area contributed by atoms with Crippen molar-refractivity contribution in [3.8, 4) is 11.5 Å². The van der Waals surface area contributed by atoms with E-state index in [2.05, 4.69) is 0 Å². The van der Waals surface area contributed by atoms with Gasteiger partial charge in [0.25, 0.3) is 0 Å². The number of methoxy groups -OCH3 is 1. The zero-order chi connectivity index (χ0) is 15.8. The van der Waals surface area contributed by atoms with Crippen molar-refractivity contribution in [3.05, 3.63) is 24.3 Å². The summed E-state index contributed by atoms with van der Waals surface area (Å²) in [6.07, 6.45) is -0.0507. The van der Waals surface area contributed by atoms with Gasteiger partial charge in [-0.3, -0.25) is 9.69 Å². The average Bonchev–Trinajstić information content (AvgIpc) is 2.54. The fourth-order valence-electron chi connectivity index (χ4n) is 2.28. The van der Waals surface area contributed by atoms with Crippen molar-refractivity contribution in [2.75, 3.05) is 46.6 Å². The Morgan fingerprint density at radius 2 is 2.05 bits per heavy atom. The van der Waals surface area contributed by atoms with Crippen LogP contribution in [0.5, 0.6) is 11.5 Å². The fourth-order valence-corrected chi connectivity index (χ4v) is 2.28. The summed E-state index contributed by atoms with van der Waals surface area (Å²) in [5.41, 5.74) is 0. The molecule has 1 saturated heterocycles. The molecular weight excluding hydrogens is 286 g/mol. The molecule has 6 heteroatoms. The Balaban J connectivity index is 1.76. The molecule has 22 heavy (non-hydrogen) atoms. The van der Waals surface area contributed by atoms with E-state index < -0.39 is 0 Å². The minimum Gasteiger partial charge on any atom is -0.497 e. The average molecular weight is 309 g/mol. The number of nitrogens with zero attached hydrogens (tertiary/aromatic N) is 1. The van der Waals surface area contributed by atoms with Crippen molar-refractivity contribution in [2.45, 2.75) is 13.0 Å². The quantitative estimate of drug-likeness (QED) is 0.709. The van der Waals surface area contributed by atoms with Crippen LogP contribution in [0.15, 0.2) is 24.3 Å². The zero-order valence-corrected chi connectivity index (χ0v) is 13.1. The zero-order valence-electron chi connectivity index (χ0n) is 13.1. The lowest BCUT2D eigenvalue weighted by Gasteiger charge is -2.32. The van der Waals surface area contributed by atoms with Gasteiger partial charge in [0.15, 0.2) is 0 Å². The van der Waals surface area contributed by atoms with Gasteiger partial charge in [0, 0.05) is 13.1 Å². The molecule has 1 aromatic rings. The maximum Gasteiger partial charge on any atom is 0.320 e. The normalized spacial score (nSPS) is 18.7. The molecule has 0 spiro atoms. The lowest BCUT2D eigenvalue weighted by atomic mass is 10.2. The van der Waals surface area contributed by atoms with E-state index in [-0.39, 0.29) is 12.1 Å². The lowest BCUT2D eigenvalue weighted by molar-refractivity contribution is -0.146. The largest absolute Gasteiger partial charge is 0.497 e. The second-order valence-corrected chi connectivity index (χ2v) is 5.02. The highest BCUT2D eigenvalue weighted by Crippen LogP contribution is 2.17. The van der Waals surface area contributed by atoms with Gasteiger partial charge in [0.05, 0.1) is 26.9 Å². The van der Waals surface area contributed by atoms with Crippen LogP contribution >= 0.6 is 0 Å². The molecule has 0 amide bonds. The second kappa shape index (κ2) is 8.60. The number of carbonyl (C=O) groups excluding carboxylic acids is 1. The molecule has 1 heterocycles. The predicted octanol–water partition coefficient (Wildman–Crippen LogP) is 1.34. The van der Waals surface area contributed by atoms with Crippen molar-refractivity contribution in [3.63, 3.8) is 0 Å². The van der Waals surface area contributed by atoms with Crippen LogP contribution < -0.4 is 9.47 Å². The van der Waals surface area contributed by atoms with Gasteiger partial charge < -0.3 is 18.9 Å². The van der Waals surface area contributed by atoms with Gasteiger partial charge in [0.1, 0.15) is 24.2 Å². The van der Waals surface area contributed by atoms with Crippen molar-refractivity contribution in [2.24, 2.45) is 0 Å². The van der Waals surface area contributed by atoms with Crippen LogP contribution in [0.25, 0.3) is 0 Å². The topological polar surface area (TPSA) is 57.2 Å². The molecule has 1 fully saturated rings. The van der Waals surface area contributed by atoms with Crippen LogP contribution in [0.4, 0.5) is 0 Å². The molecule has 0 aromatic heterocycles. The number of morpholine rings is 1. The fraction of sp³-hybridized carbons (Fsp3) is 0.562. The number of hydrogen-bond acceptors (Lipinski definition) is 6. The van der Waals surface area contributed by atoms with Gasteiger partial charge in [-0.1, -0.05) is 0 Å². The molecule has 1 aromatic carbocycles. The lowest BCUT2D eigenvalue weighted by Crippen LogP contribution is -2.47. The maximum absolute atomic E-state index is 11.5. The van der Waals surface area contributed by atoms with E-state index in [0.29, 0.717) is 32.9 Å². The maximum atomic E-state index is 11.5. The van der Waals surface area contributed by atoms with E-state index in [9.17, 15) is 4.79 Å². The number of rotatable bonds is 7. The Labute approximate surface area is 130 Å². The number of carbonyl (C=O) groups is 1. The molecule has 0 radical (unpaired) electrons. The Kier molecular flexibility index (Phi) is 6.48. The molecule has 122 valence electrons. The molecule has 0 saturated carbocycles. The molecule has 6 nitrogen and oxygen atoms in total. The SMILES string of the molecule is CCOC(=O)CN1CCO[C@@H](COc2ccc(OC)cc2)C1. The first-order valence-corrected chi connectivity index (χ1v) is 7.47. The van der Waals surface area contributed by atoms with E-state index in [1.807, 2.05) is 36.1 Å². The van der Waals surface area contributed by atoms with E-state index in [4.69, 9.17) is 18.9 Å². The van der Waals surface area contributed by atoms with Crippen molar-refractivity contribution in [1.29, 1.82) is 0 Å². The number of benzene rings is 1. The van der Waals surface area contributed by atoms with Crippen LogP contribution in [-0.2, 0) is 14.3 Å². The highest BCUT2D eigenvalue weighted by atomic mass is 16.5. The van der Waals surface area contributed by atoms with Crippen LogP contribution in [0.2, 0.25) is 0 Å².